The number of carbonyl (C=O) groups is 2. The second kappa shape index (κ2) is 12.2. The first kappa shape index (κ1) is 28.5. The summed E-state index contributed by atoms with van der Waals surface area (Å²) in [6.07, 6.45) is 5.28. The molecule has 5 rings (SSSR count). The van der Waals surface area contributed by atoms with Crippen molar-refractivity contribution in [2.75, 3.05) is 11.9 Å². The van der Waals surface area contributed by atoms with E-state index in [2.05, 4.69) is 29.5 Å². The van der Waals surface area contributed by atoms with Crippen molar-refractivity contribution in [2.24, 2.45) is 5.92 Å². The molecule has 2 N–H and O–H groups in total. The van der Waals surface area contributed by atoms with Crippen LogP contribution in [-0.2, 0) is 16.4 Å². The molecule has 0 radical (unpaired) electrons. The van der Waals surface area contributed by atoms with Gasteiger partial charge in [-0.1, -0.05) is 38.8 Å². The van der Waals surface area contributed by atoms with Gasteiger partial charge in [0.2, 0.25) is 9.84 Å². The Kier molecular flexibility index (Phi) is 8.51. The number of nitrogens with one attached hydrogen (secondary N) is 2. The third kappa shape index (κ3) is 6.34. The molecule has 41 heavy (non-hydrogen) atoms. The second-order valence-electron chi connectivity index (χ2n) is 10.1. The van der Waals surface area contributed by atoms with E-state index in [1.54, 1.807) is 18.3 Å². The van der Waals surface area contributed by atoms with Crippen molar-refractivity contribution in [3.63, 3.8) is 0 Å². The molecule has 0 fully saturated rings. The van der Waals surface area contributed by atoms with Crippen LogP contribution in [0.4, 0.5) is 5.69 Å². The van der Waals surface area contributed by atoms with E-state index in [1.165, 1.54) is 54.5 Å². The number of nitrogens with zero attached hydrogens (tertiary/aromatic N) is 1. The number of ether oxygens (including phenoxy) is 1. The predicted molar refractivity (Wildman–Crippen MR) is 159 cm³/mol. The summed E-state index contributed by atoms with van der Waals surface area (Å²) >= 11 is 1.47. The molecule has 2 heterocycles. The van der Waals surface area contributed by atoms with Crippen LogP contribution in [0.5, 0.6) is 5.75 Å². The summed E-state index contributed by atoms with van der Waals surface area (Å²) in [7, 11) is -3.94. The summed E-state index contributed by atoms with van der Waals surface area (Å²) in [5.74, 6) is 0.403. The van der Waals surface area contributed by atoms with Gasteiger partial charge in [0.1, 0.15) is 10.8 Å². The van der Waals surface area contributed by atoms with E-state index in [0.717, 1.165) is 27.6 Å². The Morgan fingerprint density at radius 3 is 2.63 bits per heavy atom. The molecule has 0 saturated heterocycles. The smallest absolute Gasteiger partial charge is 0.257 e. The number of aromatic nitrogens is 1. The highest BCUT2D eigenvalue weighted by atomic mass is 32.2. The van der Waals surface area contributed by atoms with Crippen LogP contribution >= 0.6 is 11.3 Å². The summed E-state index contributed by atoms with van der Waals surface area (Å²) < 4.78 is 32.3. The Morgan fingerprint density at radius 2 is 1.85 bits per heavy atom. The molecule has 0 aliphatic carbocycles. The van der Waals surface area contributed by atoms with Crippen LogP contribution in [0.1, 0.15) is 58.7 Å². The highest BCUT2D eigenvalue weighted by molar-refractivity contribution is 7.91. The zero-order chi connectivity index (χ0) is 29.0. The standard InChI is InChI=1S/C31H31N3O5S2/c1-3-4-7-20(2)19-39-23-13-10-21(11-14-23)31-33-18-24(40-31)17-32-29(35)22-12-15-28-26(16-22)34-30(36)25-8-5-6-9-27(25)41(28,37)38/h5-6,8-16,18,20H,3-4,7,17,19H2,1-2H3,(H,32,35)(H,34,36)/t20-/m1/s1. The maximum Gasteiger partial charge on any atom is 0.257 e. The van der Waals surface area contributed by atoms with Gasteiger partial charge in [-0.25, -0.2) is 13.4 Å². The van der Waals surface area contributed by atoms with Gasteiger partial charge in [0.05, 0.1) is 34.2 Å². The highest BCUT2D eigenvalue weighted by Gasteiger charge is 2.31. The van der Waals surface area contributed by atoms with Crippen molar-refractivity contribution in [2.45, 2.75) is 49.4 Å². The maximum absolute atomic E-state index is 13.2. The number of carbonyl (C=O) groups excluding carboxylic acids is 2. The number of benzene rings is 3. The van der Waals surface area contributed by atoms with Crippen molar-refractivity contribution in [1.29, 1.82) is 0 Å². The van der Waals surface area contributed by atoms with Gasteiger partial charge in [-0.05, 0) is 66.9 Å². The fourth-order valence-corrected chi connectivity index (χ4v) is 7.01. The van der Waals surface area contributed by atoms with Crippen molar-refractivity contribution in [3.05, 3.63) is 88.9 Å². The van der Waals surface area contributed by atoms with E-state index in [0.29, 0.717) is 12.5 Å². The molecule has 0 saturated carbocycles. The van der Waals surface area contributed by atoms with E-state index >= 15 is 0 Å². The molecule has 0 bridgehead atoms. The van der Waals surface area contributed by atoms with Crippen molar-refractivity contribution < 1.29 is 22.7 Å². The van der Waals surface area contributed by atoms with Crippen LogP contribution in [0.25, 0.3) is 10.6 Å². The summed E-state index contributed by atoms with van der Waals surface area (Å²) in [5, 5.41) is 6.32. The summed E-state index contributed by atoms with van der Waals surface area (Å²) in [4.78, 5) is 30.9. The third-order valence-electron chi connectivity index (χ3n) is 6.86. The molecule has 1 aliphatic rings. The SMILES string of the molecule is CCCC[C@@H](C)COc1ccc(-c2ncc(CNC(=O)c3ccc4c(c3)NC(=O)c3ccccc3S4(=O)=O)s2)cc1. The lowest BCUT2D eigenvalue weighted by Gasteiger charge is -2.12. The Balaban J connectivity index is 1.22. The minimum absolute atomic E-state index is 0.0538. The molecule has 3 aromatic carbocycles. The number of unbranched alkanes of at least 4 members (excludes halogenated alkanes) is 1. The lowest BCUT2D eigenvalue weighted by molar-refractivity contribution is 0.0949. The normalized spacial score (nSPS) is 14.2. The zero-order valence-electron chi connectivity index (χ0n) is 22.8. The number of rotatable bonds is 10. The fraction of sp³-hybridized carbons (Fsp3) is 0.258. The first-order chi connectivity index (χ1) is 19.8. The third-order valence-corrected chi connectivity index (χ3v) is 9.78. The number of sulfone groups is 1. The number of thiazole rings is 1. The molecule has 2 amide bonds. The van der Waals surface area contributed by atoms with Gasteiger partial charge >= 0.3 is 0 Å². The highest BCUT2D eigenvalue weighted by Crippen LogP contribution is 2.34. The monoisotopic (exact) mass is 589 g/mol. The molecule has 1 atom stereocenters. The average molecular weight is 590 g/mol. The van der Waals surface area contributed by atoms with Gasteiger partial charge in [0, 0.05) is 22.2 Å². The van der Waals surface area contributed by atoms with Crippen molar-refractivity contribution in [3.8, 4) is 16.3 Å². The number of amides is 2. The molecule has 0 spiro atoms. The topological polar surface area (TPSA) is 114 Å². The van der Waals surface area contributed by atoms with Gasteiger partial charge in [-0.2, -0.15) is 0 Å². The first-order valence-corrected chi connectivity index (χ1v) is 15.8. The molecular formula is C31H31N3O5S2. The van der Waals surface area contributed by atoms with Crippen LogP contribution in [0.3, 0.4) is 0 Å². The number of hydrogen-bond donors (Lipinski definition) is 2. The zero-order valence-corrected chi connectivity index (χ0v) is 24.5. The molecule has 4 aromatic rings. The largest absolute Gasteiger partial charge is 0.493 e. The Bertz CT molecular complexity index is 1680. The van der Waals surface area contributed by atoms with Crippen LogP contribution < -0.4 is 15.4 Å². The van der Waals surface area contributed by atoms with Crippen LogP contribution in [0, 0.1) is 5.92 Å². The van der Waals surface area contributed by atoms with E-state index in [-0.39, 0.29) is 33.2 Å². The summed E-state index contributed by atoms with van der Waals surface area (Å²) in [6, 6.07) is 18.1. The van der Waals surface area contributed by atoms with Crippen LogP contribution in [0.15, 0.2) is 82.7 Å². The van der Waals surface area contributed by atoms with E-state index in [4.69, 9.17) is 4.74 Å². The summed E-state index contributed by atoms with van der Waals surface area (Å²) in [6.45, 7) is 5.34. The van der Waals surface area contributed by atoms with Crippen molar-refractivity contribution >= 4 is 38.7 Å². The molecule has 212 valence electrons. The number of fused-ring (bicyclic) bond motifs is 2. The van der Waals surface area contributed by atoms with E-state index in [9.17, 15) is 18.0 Å². The molecule has 1 aromatic heterocycles. The van der Waals surface area contributed by atoms with E-state index < -0.39 is 21.7 Å². The van der Waals surface area contributed by atoms with Gasteiger partial charge in [0.25, 0.3) is 11.8 Å². The Labute approximate surface area is 243 Å². The average Bonchev–Trinajstić information content (AvgIpc) is 3.44. The predicted octanol–water partition coefficient (Wildman–Crippen LogP) is 6.34. The lowest BCUT2D eigenvalue weighted by Crippen LogP contribution is -2.22. The second-order valence-corrected chi connectivity index (χ2v) is 13.1. The quantitative estimate of drug-likeness (QED) is 0.223. The minimum atomic E-state index is -3.94. The Hall–Kier alpha value is -4.02. The van der Waals surface area contributed by atoms with Gasteiger partial charge < -0.3 is 15.4 Å². The molecular weight excluding hydrogens is 558 g/mol. The van der Waals surface area contributed by atoms with Gasteiger partial charge in [-0.3, -0.25) is 9.59 Å². The molecule has 10 heteroatoms. The van der Waals surface area contributed by atoms with Crippen LogP contribution in [-0.4, -0.2) is 31.8 Å². The minimum Gasteiger partial charge on any atom is -0.493 e. The van der Waals surface area contributed by atoms with Gasteiger partial charge in [0.15, 0.2) is 0 Å². The Morgan fingerprint density at radius 1 is 1.07 bits per heavy atom. The molecule has 8 nitrogen and oxygen atoms in total. The molecule has 1 aliphatic heterocycles. The van der Waals surface area contributed by atoms with Crippen LogP contribution in [0.2, 0.25) is 0 Å². The molecule has 0 unspecified atom stereocenters. The van der Waals surface area contributed by atoms with Crippen molar-refractivity contribution in [1.82, 2.24) is 10.3 Å². The first-order valence-electron chi connectivity index (χ1n) is 13.5. The summed E-state index contributed by atoms with van der Waals surface area (Å²) in [5.41, 5.74) is 1.33. The number of anilines is 1. The number of hydrogen-bond acceptors (Lipinski definition) is 7. The maximum atomic E-state index is 13.2. The lowest BCUT2D eigenvalue weighted by atomic mass is 10.1. The van der Waals surface area contributed by atoms with Gasteiger partial charge in [-0.15, -0.1) is 11.3 Å². The fourth-order valence-electron chi connectivity index (χ4n) is 4.56. The van der Waals surface area contributed by atoms with E-state index in [1.807, 2.05) is 24.3 Å².